The second kappa shape index (κ2) is 5.51. The van der Waals surface area contributed by atoms with E-state index in [0.717, 1.165) is 12.1 Å². The Bertz CT molecular complexity index is 539. The highest BCUT2D eigenvalue weighted by atomic mass is 32.2. The van der Waals surface area contributed by atoms with Crippen molar-refractivity contribution in [1.82, 2.24) is 0 Å². The van der Waals surface area contributed by atoms with Gasteiger partial charge < -0.3 is 10.6 Å². The Balaban J connectivity index is 2.13. The minimum absolute atomic E-state index is 0.158. The molecule has 1 unspecified atom stereocenters. The number of nitrogens with zero attached hydrogens (tertiary/aromatic N) is 1. The highest BCUT2D eigenvalue weighted by Gasteiger charge is 2.22. The zero-order valence-electron chi connectivity index (χ0n) is 11.6. The lowest BCUT2D eigenvalue weighted by molar-refractivity contribution is 0.586. The van der Waals surface area contributed by atoms with Gasteiger partial charge in [-0.3, -0.25) is 0 Å². The third kappa shape index (κ3) is 3.70. The second-order valence-electron chi connectivity index (χ2n) is 5.44. The fourth-order valence-corrected chi connectivity index (χ4v) is 3.73. The molecule has 1 aliphatic heterocycles. The molecule has 5 heteroatoms. The minimum atomic E-state index is -2.82. The molecule has 0 saturated carbocycles. The molecule has 19 heavy (non-hydrogen) atoms. The van der Waals surface area contributed by atoms with E-state index < -0.39 is 9.84 Å². The number of benzene rings is 1. The Hall–Kier alpha value is -1.07. The van der Waals surface area contributed by atoms with Crippen molar-refractivity contribution in [2.24, 2.45) is 5.73 Å². The molecule has 1 fully saturated rings. The number of hydrogen-bond donors (Lipinski definition) is 1. The SMILES string of the molecule is Cc1cc(CC(C)N)ccc1N1CCS(=O)(=O)CC1. The van der Waals surface area contributed by atoms with Gasteiger partial charge >= 0.3 is 0 Å². The molecule has 106 valence electrons. The Morgan fingerprint density at radius 1 is 1.32 bits per heavy atom. The van der Waals surface area contributed by atoms with Gasteiger partial charge in [-0.15, -0.1) is 0 Å². The van der Waals surface area contributed by atoms with Crippen molar-refractivity contribution >= 4 is 15.5 Å². The average molecular weight is 282 g/mol. The van der Waals surface area contributed by atoms with Gasteiger partial charge in [-0.2, -0.15) is 0 Å². The number of hydrogen-bond acceptors (Lipinski definition) is 4. The summed E-state index contributed by atoms with van der Waals surface area (Å²) in [6, 6.07) is 6.49. The van der Waals surface area contributed by atoms with Crippen LogP contribution in [0.5, 0.6) is 0 Å². The fourth-order valence-electron chi connectivity index (χ4n) is 2.52. The molecule has 1 aromatic carbocycles. The lowest BCUT2D eigenvalue weighted by atomic mass is 10.0. The maximum Gasteiger partial charge on any atom is 0.153 e. The first-order chi connectivity index (χ1) is 8.87. The summed E-state index contributed by atoms with van der Waals surface area (Å²) in [6.45, 7) is 5.26. The summed E-state index contributed by atoms with van der Waals surface area (Å²) in [6.07, 6.45) is 0.871. The summed E-state index contributed by atoms with van der Waals surface area (Å²) in [5.74, 6) is 0.516. The molecule has 1 atom stereocenters. The van der Waals surface area contributed by atoms with Crippen molar-refractivity contribution in [3.05, 3.63) is 29.3 Å². The third-order valence-corrected chi connectivity index (χ3v) is 5.11. The van der Waals surface area contributed by atoms with Crippen LogP contribution in [0.1, 0.15) is 18.1 Å². The van der Waals surface area contributed by atoms with Gasteiger partial charge in [-0.25, -0.2) is 8.42 Å². The normalized spacial score (nSPS) is 20.3. The molecule has 0 amide bonds. The van der Waals surface area contributed by atoms with Crippen LogP contribution in [0, 0.1) is 6.92 Å². The number of sulfone groups is 1. The summed E-state index contributed by atoms with van der Waals surface area (Å²) >= 11 is 0. The van der Waals surface area contributed by atoms with E-state index in [-0.39, 0.29) is 17.5 Å². The van der Waals surface area contributed by atoms with Gasteiger partial charge in [0.15, 0.2) is 9.84 Å². The predicted molar refractivity (Wildman–Crippen MR) is 79.4 cm³/mol. The summed E-state index contributed by atoms with van der Waals surface area (Å²) in [5.41, 5.74) is 9.38. The van der Waals surface area contributed by atoms with Crippen LogP contribution in [-0.4, -0.2) is 39.1 Å². The van der Waals surface area contributed by atoms with Crippen LogP contribution in [0.4, 0.5) is 5.69 Å². The summed E-state index contributed by atoms with van der Waals surface area (Å²) < 4.78 is 22.9. The quantitative estimate of drug-likeness (QED) is 0.902. The zero-order chi connectivity index (χ0) is 14.0. The van der Waals surface area contributed by atoms with Gasteiger partial charge in [0.25, 0.3) is 0 Å². The van der Waals surface area contributed by atoms with Crippen LogP contribution >= 0.6 is 0 Å². The second-order valence-corrected chi connectivity index (χ2v) is 7.74. The predicted octanol–water partition coefficient (Wildman–Crippen LogP) is 1.12. The summed E-state index contributed by atoms with van der Waals surface area (Å²) in [7, 11) is -2.82. The zero-order valence-corrected chi connectivity index (χ0v) is 12.4. The van der Waals surface area contributed by atoms with E-state index in [9.17, 15) is 8.42 Å². The van der Waals surface area contributed by atoms with Crippen LogP contribution in [0.25, 0.3) is 0 Å². The summed E-state index contributed by atoms with van der Waals surface area (Å²) in [5, 5.41) is 0. The monoisotopic (exact) mass is 282 g/mol. The van der Waals surface area contributed by atoms with Gasteiger partial charge in [-0.05, 0) is 37.5 Å². The average Bonchev–Trinajstić information content (AvgIpc) is 2.29. The Morgan fingerprint density at radius 2 is 1.95 bits per heavy atom. The van der Waals surface area contributed by atoms with E-state index in [1.165, 1.54) is 11.1 Å². The largest absolute Gasteiger partial charge is 0.369 e. The van der Waals surface area contributed by atoms with Gasteiger partial charge in [0.2, 0.25) is 0 Å². The van der Waals surface area contributed by atoms with Gasteiger partial charge in [0.05, 0.1) is 11.5 Å². The van der Waals surface area contributed by atoms with E-state index in [4.69, 9.17) is 5.73 Å². The topological polar surface area (TPSA) is 63.4 Å². The Morgan fingerprint density at radius 3 is 2.47 bits per heavy atom. The maximum atomic E-state index is 11.4. The van der Waals surface area contributed by atoms with Crippen molar-refractivity contribution in [1.29, 1.82) is 0 Å². The lowest BCUT2D eigenvalue weighted by Crippen LogP contribution is -2.40. The number of anilines is 1. The van der Waals surface area contributed by atoms with Crippen molar-refractivity contribution in [3.63, 3.8) is 0 Å². The first-order valence-corrected chi connectivity index (χ1v) is 8.50. The Kier molecular flexibility index (Phi) is 4.16. The van der Waals surface area contributed by atoms with Crippen LogP contribution < -0.4 is 10.6 Å². The van der Waals surface area contributed by atoms with Crippen LogP contribution in [0.15, 0.2) is 18.2 Å². The van der Waals surface area contributed by atoms with Crippen LogP contribution in [-0.2, 0) is 16.3 Å². The highest BCUT2D eigenvalue weighted by Crippen LogP contribution is 2.23. The molecule has 4 nitrogen and oxygen atoms in total. The molecule has 1 aromatic rings. The first-order valence-electron chi connectivity index (χ1n) is 6.68. The summed E-state index contributed by atoms with van der Waals surface area (Å²) in [4.78, 5) is 2.16. The van der Waals surface area contributed by atoms with E-state index in [1.54, 1.807) is 0 Å². The Labute approximate surface area is 115 Å². The van der Waals surface area contributed by atoms with Crippen LogP contribution in [0.2, 0.25) is 0 Å². The fraction of sp³-hybridized carbons (Fsp3) is 0.571. The van der Waals surface area contributed by atoms with E-state index >= 15 is 0 Å². The standard InChI is InChI=1S/C14H22N2O2S/c1-11-9-13(10-12(2)15)3-4-14(11)16-5-7-19(17,18)8-6-16/h3-4,9,12H,5-8,10,15H2,1-2H3. The molecule has 1 saturated heterocycles. The van der Waals surface area contributed by atoms with Crippen molar-refractivity contribution < 1.29 is 8.42 Å². The number of nitrogens with two attached hydrogens (primary N) is 1. The molecule has 1 aliphatic rings. The lowest BCUT2D eigenvalue weighted by Gasteiger charge is -2.30. The third-order valence-electron chi connectivity index (χ3n) is 3.50. The van der Waals surface area contributed by atoms with Crippen molar-refractivity contribution in [3.8, 4) is 0 Å². The van der Waals surface area contributed by atoms with Gasteiger partial charge in [0, 0.05) is 24.8 Å². The molecule has 0 spiro atoms. The highest BCUT2D eigenvalue weighted by molar-refractivity contribution is 7.91. The van der Waals surface area contributed by atoms with E-state index in [1.807, 2.05) is 6.92 Å². The van der Waals surface area contributed by atoms with E-state index in [0.29, 0.717) is 13.1 Å². The number of rotatable bonds is 3. The molecule has 2 rings (SSSR count). The smallest absolute Gasteiger partial charge is 0.153 e. The molecular weight excluding hydrogens is 260 g/mol. The molecule has 0 aliphatic carbocycles. The van der Waals surface area contributed by atoms with E-state index in [2.05, 4.69) is 30.0 Å². The van der Waals surface area contributed by atoms with Gasteiger partial charge in [0.1, 0.15) is 0 Å². The molecule has 2 N–H and O–H groups in total. The molecule has 0 radical (unpaired) electrons. The van der Waals surface area contributed by atoms with Gasteiger partial charge in [-0.1, -0.05) is 12.1 Å². The first kappa shape index (κ1) is 14.3. The number of aryl methyl sites for hydroxylation is 1. The molecule has 0 aromatic heterocycles. The van der Waals surface area contributed by atoms with Crippen LogP contribution in [0.3, 0.4) is 0 Å². The molecular formula is C14H22N2O2S. The van der Waals surface area contributed by atoms with Crippen molar-refractivity contribution in [2.75, 3.05) is 29.5 Å². The maximum absolute atomic E-state index is 11.4. The minimum Gasteiger partial charge on any atom is -0.369 e. The van der Waals surface area contributed by atoms with Crippen molar-refractivity contribution in [2.45, 2.75) is 26.3 Å². The molecule has 0 bridgehead atoms. The molecule has 1 heterocycles.